The van der Waals surface area contributed by atoms with Crippen molar-refractivity contribution in [2.45, 2.75) is 52.0 Å². The summed E-state index contributed by atoms with van der Waals surface area (Å²) < 4.78 is 0. The van der Waals surface area contributed by atoms with E-state index in [1.807, 2.05) is 6.07 Å². The fourth-order valence-corrected chi connectivity index (χ4v) is 2.26. The Hall–Kier alpha value is -1.13. The maximum absolute atomic E-state index is 10.8. The van der Waals surface area contributed by atoms with Crippen LogP contribution < -0.4 is 5.32 Å². The van der Waals surface area contributed by atoms with Gasteiger partial charge in [0, 0.05) is 12.6 Å². The topological polar surface area (TPSA) is 55.2 Å². The third kappa shape index (κ3) is 6.35. The summed E-state index contributed by atoms with van der Waals surface area (Å²) in [5.74, 6) is 0. The summed E-state index contributed by atoms with van der Waals surface area (Å²) >= 11 is 5.77. The van der Waals surface area contributed by atoms with Gasteiger partial charge in [0.1, 0.15) is 5.02 Å². The highest BCUT2D eigenvalue weighted by Gasteiger charge is 2.12. The van der Waals surface area contributed by atoms with E-state index in [1.54, 1.807) is 6.07 Å². The van der Waals surface area contributed by atoms with Gasteiger partial charge in [0.25, 0.3) is 5.69 Å². The molecule has 0 aromatic heterocycles. The van der Waals surface area contributed by atoms with Gasteiger partial charge in [-0.05, 0) is 24.6 Å². The zero-order valence-corrected chi connectivity index (χ0v) is 12.8. The molecule has 20 heavy (non-hydrogen) atoms. The molecule has 0 aliphatic heterocycles. The Morgan fingerprint density at radius 1 is 1.20 bits per heavy atom. The molecule has 0 fully saturated rings. The average Bonchev–Trinajstić information content (AvgIpc) is 2.43. The minimum Gasteiger partial charge on any atom is -0.313 e. The van der Waals surface area contributed by atoms with Crippen LogP contribution in [0, 0.1) is 10.1 Å². The van der Waals surface area contributed by atoms with Crippen molar-refractivity contribution in [2.24, 2.45) is 0 Å². The van der Waals surface area contributed by atoms with Gasteiger partial charge in [-0.3, -0.25) is 10.1 Å². The standard InChI is InChI=1S/C15H23ClN2O2/c1-2-3-4-5-6-7-10-17-12-13-8-9-14(16)15(11-13)18(19)20/h8-9,11,17H,2-7,10,12H2,1H3. The molecule has 1 N–H and O–H groups in total. The van der Waals surface area contributed by atoms with E-state index in [2.05, 4.69) is 12.2 Å². The van der Waals surface area contributed by atoms with Crippen molar-refractivity contribution >= 4 is 17.3 Å². The third-order valence-corrected chi connectivity index (χ3v) is 3.56. The largest absolute Gasteiger partial charge is 0.313 e. The van der Waals surface area contributed by atoms with Crippen LogP contribution in [0.4, 0.5) is 5.69 Å². The van der Waals surface area contributed by atoms with Gasteiger partial charge in [-0.1, -0.05) is 56.7 Å². The molecule has 0 aliphatic rings. The smallest absolute Gasteiger partial charge is 0.288 e. The predicted octanol–water partition coefficient (Wildman–Crippen LogP) is 4.70. The van der Waals surface area contributed by atoms with Gasteiger partial charge >= 0.3 is 0 Å². The lowest BCUT2D eigenvalue weighted by Gasteiger charge is -2.05. The van der Waals surface area contributed by atoms with Gasteiger partial charge in [-0.25, -0.2) is 0 Å². The minimum atomic E-state index is -0.445. The van der Waals surface area contributed by atoms with Gasteiger partial charge in [-0.2, -0.15) is 0 Å². The molecule has 0 bridgehead atoms. The molecule has 5 heteroatoms. The first kappa shape index (κ1) is 16.9. The van der Waals surface area contributed by atoms with Crippen molar-refractivity contribution in [1.82, 2.24) is 5.32 Å². The molecule has 4 nitrogen and oxygen atoms in total. The Morgan fingerprint density at radius 2 is 1.90 bits per heavy atom. The van der Waals surface area contributed by atoms with Crippen molar-refractivity contribution in [2.75, 3.05) is 6.54 Å². The number of hydrogen-bond acceptors (Lipinski definition) is 3. The molecule has 0 spiro atoms. The van der Waals surface area contributed by atoms with Crippen LogP contribution in [0.25, 0.3) is 0 Å². The predicted molar refractivity (Wildman–Crippen MR) is 83.2 cm³/mol. The Kier molecular flexibility index (Phi) is 8.23. The maximum Gasteiger partial charge on any atom is 0.288 e. The molecule has 112 valence electrons. The monoisotopic (exact) mass is 298 g/mol. The van der Waals surface area contributed by atoms with Gasteiger partial charge in [0.15, 0.2) is 0 Å². The number of halogens is 1. The summed E-state index contributed by atoms with van der Waals surface area (Å²) in [4.78, 5) is 10.3. The summed E-state index contributed by atoms with van der Waals surface area (Å²) in [5.41, 5.74) is 0.873. The molecular weight excluding hydrogens is 276 g/mol. The Bertz CT molecular complexity index is 424. The molecular formula is C15H23ClN2O2. The summed E-state index contributed by atoms with van der Waals surface area (Å²) in [7, 11) is 0. The fourth-order valence-electron chi connectivity index (χ4n) is 2.07. The van der Waals surface area contributed by atoms with E-state index in [0.29, 0.717) is 6.54 Å². The summed E-state index contributed by atoms with van der Waals surface area (Å²) in [6.07, 6.45) is 7.60. The number of hydrogen-bond donors (Lipinski definition) is 1. The van der Waals surface area contributed by atoms with Crippen molar-refractivity contribution in [3.63, 3.8) is 0 Å². The minimum absolute atomic E-state index is 0.0227. The highest BCUT2D eigenvalue weighted by atomic mass is 35.5. The van der Waals surface area contributed by atoms with Crippen molar-refractivity contribution in [3.05, 3.63) is 38.9 Å². The lowest BCUT2D eigenvalue weighted by Crippen LogP contribution is -2.14. The van der Waals surface area contributed by atoms with Crippen molar-refractivity contribution < 1.29 is 4.92 Å². The van der Waals surface area contributed by atoms with Crippen molar-refractivity contribution in [1.29, 1.82) is 0 Å². The highest BCUT2D eigenvalue weighted by Crippen LogP contribution is 2.24. The third-order valence-electron chi connectivity index (χ3n) is 3.24. The van der Waals surface area contributed by atoms with E-state index >= 15 is 0 Å². The van der Waals surface area contributed by atoms with Crippen LogP contribution in [0.3, 0.4) is 0 Å². The molecule has 1 aromatic rings. The molecule has 0 atom stereocenters. The second-order valence-corrected chi connectivity index (χ2v) is 5.39. The average molecular weight is 299 g/mol. The van der Waals surface area contributed by atoms with Crippen LogP contribution in [0.2, 0.25) is 5.02 Å². The second-order valence-electron chi connectivity index (χ2n) is 4.99. The van der Waals surface area contributed by atoms with Crippen LogP contribution >= 0.6 is 11.6 Å². The number of nitro groups is 1. The van der Waals surface area contributed by atoms with Crippen LogP contribution in [-0.4, -0.2) is 11.5 Å². The SMILES string of the molecule is CCCCCCCCNCc1ccc(Cl)c([N+](=O)[O-])c1. The van der Waals surface area contributed by atoms with Crippen LogP contribution in [0.1, 0.15) is 51.0 Å². The summed E-state index contributed by atoms with van der Waals surface area (Å²) in [6.45, 7) is 3.81. The quantitative estimate of drug-likeness (QED) is 0.387. The molecule has 0 saturated heterocycles. The number of nitrogens with zero attached hydrogens (tertiary/aromatic N) is 1. The van der Waals surface area contributed by atoms with Gasteiger partial charge in [0.05, 0.1) is 4.92 Å². The lowest BCUT2D eigenvalue weighted by molar-refractivity contribution is -0.384. The van der Waals surface area contributed by atoms with E-state index in [-0.39, 0.29) is 10.7 Å². The van der Waals surface area contributed by atoms with E-state index in [4.69, 9.17) is 11.6 Å². The summed E-state index contributed by atoms with van der Waals surface area (Å²) in [5, 5.41) is 14.3. The molecule has 1 aromatic carbocycles. The number of nitrogens with one attached hydrogen (secondary N) is 1. The normalized spacial score (nSPS) is 10.7. The molecule has 0 unspecified atom stereocenters. The molecule has 0 aliphatic carbocycles. The maximum atomic E-state index is 10.8. The fraction of sp³-hybridized carbons (Fsp3) is 0.600. The van der Waals surface area contributed by atoms with E-state index in [1.165, 1.54) is 38.2 Å². The zero-order valence-electron chi connectivity index (χ0n) is 12.0. The molecule has 1 rings (SSSR count). The van der Waals surface area contributed by atoms with Crippen LogP contribution in [-0.2, 0) is 6.54 Å². The first-order valence-corrected chi connectivity index (χ1v) is 7.66. The van der Waals surface area contributed by atoms with Crippen LogP contribution in [0.5, 0.6) is 0 Å². The molecule has 0 amide bonds. The molecule has 0 heterocycles. The number of rotatable bonds is 10. The lowest BCUT2D eigenvalue weighted by atomic mass is 10.1. The van der Waals surface area contributed by atoms with E-state index in [9.17, 15) is 10.1 Å². The second kappa shape index (κ2) is 9.72. The van der Waals surface area contributed by atoms with Gasteiger partial charge in [0.2, 0.25) is 0 Å². The van der Waals surface area contributed by atoms with Gasteiger partial charge in [-0.15, -0.1) is 0 Å². The first-order valence-electron chi connectivity index (χ1n) is 7.28. The number of benzene rings is 1. The van der Waals surface area contributed by atoms with Crippen LogP contribution in [0.15, 0.2) is 18.2 Å². The number of nitro benzene ring substituents is 1. The highest BCUT2D eigenvalue weighted by molar-refractivity contribution is 6.32. The Morgan fingerprint density at radius 3 is 2.60 bits per heavy atom. The van der Waals surface area contributed by atoms with E-state index < -0.39 is 4.92 Å². The Balaban J connectivity index is 2.22. The summed E-state index contributed by atoms with van der Waals surface area (Å²) in [6, 6.07) is 4.95. The van der Waals surface area contributed by atoms with Crippen molar-refractivity contribution in [3.8, 4) is 0 Å². The first-order chi connectivity index (χ1) is 9.65. The van der Waals surface area contributed by atoms with E-state index in [0.717, 1.165) is 18.5 Å². The molecule has 0 radical (unpaired) electrons. The van der Waals surface area contributed by atoms with Gasteiger partial charge < -0.3 is 5.32 Å². The Labute approximate surface area is 125 Å². The number of unbranched alkanes of at least 4 members (excludes halogenated alkanes) is 5. The zero-order chi connectivity index (χ0) is 14.8. The molecule has 0 saturated carbocycles.